The van der Waals surface area contributed by atoms with Crippen LogP contribution in [0.1, 0.15) is 45.6 Å². The van der Waals surface area contributed by atoms with Crippen LogP contribution in [0.4, 0.5) is 0 Å². The number of fused-ring (bicyclic) bond motifs is 1. The molecule has 0 saturated carbocycles. The van der Waals surface area contributed by atoms with Gasteiger partial charge in [-0.05, 0) is 49.4 Å². The summed E-state index contributed by atoms with van der Waals surface area (Å²) in [6.07, 6.45) is 7.84. The van der Waals surface area contributed by atoms with Crippen molar-refractivity contribution in [1.82, 2.24) is 14.9 Å². The molecule has 1 N–H and O–H groups in total. The first-order valence-electron chi connectivity index (χ1n) is 7.85. The Morgan fingerprint density at radius 3 is 2.95 bits per heavy atom. The van der Waals surface area contributed by atoms with Gasteiger partial charge in [-0.25, -0.2) is 4.98 Å². The van der Waals surface area contributed by atoms with E-state index in [4.69, 9.17) is 0 Å². The van der Waals surface area contributed by atoms with Crippen molar-refractivity contribution >= 4 is 11.0 Å². The summed E-state index contributed by atoms with van der Waals surface area (Å²) < 4.78 is 2.32. The standard InChI is InChI=1S/C17H27N3/c1-4-9-18-12-15-13-20(11-6-7-14(2)3)17-16(15)8-5-10-19-17/h5,8,10,13-14,18H,4,6-7,9,11-12H2,1-3H3. The first-order valence-corrected chi connectivity index (χ1v) is 7.85. The molecule has 0 spiro atoms. The highest BCUT2D eigenvalue weighted by molar-refractivity contribution is 5.80. The number of aryl methyl sites for hydroxylation is 1. The van der Waals surface area contributed by atoms with Crippen LogP contribution in [-0.4, -0.2) is 16.1 Å². The smallest absolute Gasteiger partial charge is 0.140 e. The van der Waals surface area contributed by atoms with Crippen LogP contribution < -0.4 is 5.32 Å². The van der Waals surface area contributed by atoms with Crippen molar-refractivity contribution in [3.8, 4) is 0 Å². The number of nitrogens with zero attached hydrogens (tertiary/aromatic N) is 2. The topological polar surface area (TPSA) is 29.9 Å². The highest BCUT2D eigenvalue weighted by atomic mass is 15.0. The molecule has 0 aliphatic heterocycles. The van der Waals surface area contributed by atoms with Crippen molar-refractivity contribution < 1.29 is 0 Å². The van der Waals surface area contributed by atoms with E-state index in [0.29, 0.717) is 0 Å². The first kappa shape index (κ1) is 15.0. The molecule has 0 aliphatic carbocycles. The molecule has 0 radical (unpaired) electrons. The summed E-state index contributed by atoms with van der Waals surface area (Å²) in [6.45, 7) is 9.84. The highest BCUT2D eigenvalue weighted by Crippen LogP contribution is 2.20. The van der Waals surface area contributed by atoms with Crippen LogP contribution >= 0.6 is 0 Å². The minimum absolute atomic E-state index is 0.774. The molecule has 20 heavy (non-hydrogen) atoms. The Kier molecular flexibility index (Phi) is 5.60. The van der Waals surface area contributed by atoms with E-state index in [1.54, 1.807) is 0 Å². The Morgan fingerprint density at radius 2 is 2.20 bits per heavy atom. The van der Waals surface area contributed by atoms with Crippen LogP contribution in [-0.2, 0) is 13.1 Å². The van der Waals surface area contributed by atoms with Gasteiger partial charge >= 0.3 is 0 Å². The molecule has 2 rings (SSSR count). The van der Waals surface area contributed by atoms with Crippen LogP contribution in [0.2, 0.25) is 0 Å². The summed E-state index contributed by atoms with van der Waals surface area (Å²) >= 11 is 0. The Labute approximate surface area is 122 Å². The van der Waals surface area contributed by atoms with Gasteiger partial charge in [0.2, 0.25) is 0 Å². The molecule has 0 saturated heterocycles. The molecular weight excluding hydrogens is 246 g/mol. The number of hydrogen-bond donors (Lipinski definition) is 1. The maximum absolute atomic E-state index is 4.56. The van der Waals surface area contributed by atoms with Crippen molar-refractivity contribution in [2.75, 3.05) is 6.54 Å². The quantitative estimate of drug-likeness (QED) is 0.737. The number of nitrogens with one attached hydrogen (secondary N) is 1. The molecule has 0 unspecified atom stereocenters. The van der Waals surface area contributed by atoms with Gasteiger partial charge in [-0.1, -0.05) is 20.8 Å². The first-order chi connectivity index (χ1) is 9.72. The van der Waals surface area contributed by atoms with Gasteiger partial charge in [-0.3, -0.25) is 0 Å². The van der Waals surface area contributed by atoms with Crippen LogP contribution in [0, 0.1) is 5.92 Å². The Balaban J connectivity index is 2.13. The Hall–Kier alpha value is -1.35. The molecule has 3 nitrogen and oxygen atoms in total. The van der Waals surface area contributed by atoms with Crippen molar-refractivity contribution in [1.29, 1.82) is 0 Å². The second-order valence-corrected chi connectivity index (χ2v) is 5.94. The van der Waals surface area contributed by atoms with Gasteiger partial charge in [-0.2, -0.15) is 0 Å². The van der Waals surface area contributed by atoms with E-state index in [0.717, 1.165) is 31.2 Å². The average molecular weight is 273 g/mol. The SMILES string of the molecule is CCCNCc1cn(CCCC(C)C)c2ncccc12. The molecule has 2 aromatic heterocycles. The van der Waals surface area contributed by atoms with Crippen LogP contribution in [0.15, 0.2) is 24.5 Å². The molecule has 0 amide bonds. The average Bonchev–Trinajstić information content (AvgIpc) is 2.78. The van der Waals surface area contributed by atoms with E-state index in [9.17, 15) is 0 Å². The van der Waals surface area contributed by atoms with Crippen molar-refractivity contribution in [2.24, 2.45) is 5.92 Å². The largest absolute Gasteiger partial charge is 0.332 e. The monoisotopic (exact) mass is 273 g/mol. The summed E-state index contributed by atoms with van der Waals surface area (Å²) in [4.78, 5) is 4.56. The minimum Gasteiger partial charge on any atom is -0.332 e. The number of aromatic nitrogens is 2. The lowest BCUT2D eigenvalue weighted by atomic mass is 10.1. The lowest BCUT2D eigenvalue weighted by Gasteiger charge is -2.06. The molecule has 110 valence electrons. The molecular formula is C17H27N3. The molecule has 2 aromatic rings. The third-order valence-electron chi connectivity index (χ3n) is 3.64. The maximum atomic E-state index is 4.56. The molecule has 2 heterocycles. The zero-order valence-electron chi connectivity index (χ0n) is 13.0. The summed E-state index contributed by atoms with van der Waals surface area (Å²) in [7, 11) is 0. The molecule has 0 fully saturated rings. The summed E-state index contributed by atoms with van der Waals surface area (Å²) in [6, 6.07) is 4.22. The predicted molar refractivity (Wildman–Crippen MR) is 85.8 cm³/mol. The fraction of sp³-hybridized carbons (Fsp3) is 0.588. The summed E-state index contributed by atoms with van der Waals surface area (Å²) in [5, 5.41) is 4.78. The zero-order chi connectivity index (χ0) is 14.4. The molecule has 0 bridgehead atoms. The normalized spacial score (nSPS) is 11.6. The Bertz CT molecular complexity index is 528. The fourth-order valence-corrected chi connectivity index (χ4v) is 2.58. The van der Waals surface area contributed by atoms with E-state index >= 15 is 0 Å². The van der Waals surface area contributed by atoms with E-state index in [2.05, 4.69) is 47.9 Å². The number of pyridine rings is 1. The van der Waals surface area contributed by atoms with Gasteiger partial charge in [0.05, 0.1) is 0 Å². The van der Waals surface area contributed by atoms with Gasteiger partial charge in [0.1, 0.15) is 5.65 Å². The van der Waals surface area contributed by atoms with Crippen molar-refractivity contribution in [3.63, 3.8) is 0 Å². The summed E-state index contributed by atoms with van der Waals surface area (Å²) in [5.41, 5.74) is 2.50. The predicted octanol–water partition coefficient (Wildman–Crippen LogP) is 3.97. The van der Waals surface area contributed by atoms with Gasteiger partial charge < -0.3 is 9.88 Å². The molecule has 0 aromatic carbocycles. The van der Waals surface area contributed by atoms with Crippen LogP contribution in [0.25, 0.3) is 11.0 Å². The maximum Gasteiger partial charge on any atom is 0.140 e. The second-order valence-electron chi connectivity index (χ2n) is 5.94. The van der Waals surface area contributed by atoms with Crippen molar-refractivity contribution in [2.45, 2.75) is 53.1 Å². The highest BCUT2D eigenvalue weighted by Gasteiger charge is 2.08. The zero-order valence-corrected chi connectivity index (χ0v) is 13.0. The minimum atomic E-state index is 0.774. The van der Waals surface area contributed by atoms with Gasteiger partial charge in [0.25, 0.3) is 0 Å². The van der Waals surface area contributed by atoms with Gasteiger partial charge in [0.15, 0.2) is 0 Å². The van der Waals surface area contributed by atoms with E-state index < -0.39 is 0 Å². The summed E-state index contributed by atoms with van der Waals surface area (Å²) in [5.74, 6) is 0.774. The lowest BCUT2D eigenvalue weighted by Crippen LogP contribution is -2.13. The number of rotatable bonds is 8. The van der Waals surface area contributed by atoms with Crippen molar-refractivity contribution in [3.05, 3.63) is 30.1 Å². The second kappa shape index (κ2) is 7.44. The van der Waals surface area contributed by atoms with E-state index in [1.165, 1.54) is 30.2 Å². The fourth-order valence-electron chi connectivity index (χ4n) is 2.58. The van der Waals surface area contributed by atoms with E-state index in [-0.39, 0.29) is 0 Å². The van der Waals surface area contributed by atoms with E-state index in [1.807, 2.05) is 12.3 Å². The van der Waals surface area contributed by atoms with Gasteiger partial charge in [-0.15, -0.1) is 0 Å². The third kappa shape index (κ3) is 3.83. The van der Waals surface area contributed by atoms with Crippen LogP contribution in [0.5, 0.6) is 0 Å². The molecule has 0 atom stereocenters. The van der Waals surface area contributed by atoms with Crippen LogP contribution in [0.3, 0.4) is 0 Å². The van der Waals surface area contributed by atoms with Gasteiger partial charge in [0, 0.05) is 30.9 Å². The Morgan fingerprint density at radius 1 is 1.35 bits per heavy atom. The third-order valence-corrected chi connectivity index (χ3v) is 3.64. The number of hydrogen-bond acceptors (Lipinski definition) is 2. The molecule has 0 aliphatic rings. The lowest BCUT2D eigenvalue weighted by molar-refractivity contribution is 0.516. The molecule has 3 heteroatoms.